The van der Waals surface area contributed by atoms with Crippen LogP contribution in [0.5, 0.6) is 5.75 Å². The largest absolute Gasteiger partial charge is 0.488 e. The second-order valence-electron chi connectivity index (χ2n) is 3.49. The van der Waals surface area contributed by atoms with Crippen LogP contribution in [0.15, 0.2) is 18.2 Å². The molecule has 15 heavy (non-hydrogen) atoms. The molecule has 0 amide bonds. The van der Waals surface area contributed by atoms with Gasteiger partial charge in [-0.3, -0.25) is 0 Å². The highest BCUT2D eigenvalue weighted by atomic mass is 35.5. The Morgan fingerprint density at radius 2 is 2.40 bits per heavy atom. The Hall–Kier alpha value is -0.800. The highest BCUT2D eigenvalue weighted by Crippen LogP contribution is 2.24. The van der Waals surface area contributed by atoms with Crippen LogP contribution in [0.2, 0.25) is 0 Å². The molecule has 1 atom stereocenters. The van der Waals surface area contributed by atoms with E-state index in [1.807, 2.05) is 0 Å². The molecule has 1 aliphatic heterocycles. The Balaban J connectivity index is 2.12. The van der Waals surface area contributed by atoms with Crippen LogP contribution in [-0.4, -0.2) is 19.3 Å². The lowest BCUT2D eigenvalue weighted by Crippen LogP contribution is -2.16. The Morgan fingerprint density at radius 3 is 3.07 bits per heavy atom. The first-order chi connectivity index (χ1) is 7.29. The molecule has 82 valence electrons. The summed E-state index contributed by atoms with van der Waals surface area (Å²) in [6.45, 7) is 1.32. The summed E-state index contributed by atoms with van der Waals surface area (Å²) in [7, 11) is 0. The molecule has 0 aliphatic carbocycles. The van der Waals surface area contributed by atoms with Crippen molar-refractivity contribution in [3.05, 3.63) is 29.6 Å². The van der Waals surface area contributed by atoms with E-state index < -0.39 is 0 Å². The fourth-order valence-corrected chi connectivity index (χ4v) is 1.76. The Morgan fingerprint density at radius 1 is 1.53 bits per heavy atom. The lowest BCUT2D eigenvalue weighted by molar-refractivity contribution is 0.140. The monoisotopic (exact) mass is 230 g/mol. The molecule has 0 spiro atoms. The van der Waals surface area contributed by atoms with Gasteiger partial charge in [0, 0.05) is 12.0 Å². The average Bonchev–Trinajstić information content (AvgIpc) is 2.73. The van der Waals surface area contributed by atoms with Crippen LogP contribution in [0, 0.1) is 5.82 Å². The summed E-state index contributed by atoms with van der Waals surface area (Å²) in [4.78, 5) is 0. The van der Waals surface area contributed by atoms with Crippen molar-refractivity contribution in [2.75, 3.05) is 13.2 Å². The van der Waals surface area contributed by atoms with E-state index in [0.29, 0.717) is 17.9 Å². The third kappa shape index (κ3) is 2.61. The first-order valence-electron chi connectivity index (χ1n) is 4.88. The zero-order valence-electron chi connectivity index (χ0n) is 8.21. The summed E-state index contributed by atoms with van der Waals surface area (Å²) in [5.74, 6) is 0.614. The van der Waals surface area contributed by atoms with Crippen LogP contribution < -0.4 is 4.74 Å². The number of hydrogen-bond acceptors (Lipinski definition) is 2. The second kappa shape index (κ2) is 4.81. The van der Waals surface area contributed by atoms with Gasteiger partial charge in [0.1, 0.15) is 17.7 Å². The van der Waals surface area contributed by atoms with Crippen molar-refractivity contribution in [2.45, 2.75) is 18.4 Å². The second-order valence-corrected chi connectivity index (χ2v) is 3.76. The van der Waals surface area contributed by atoms with Crippen molar-refractivity contribution in [2.24, 2.45) is 0 Å². The van der Waals surface area contributed by atoms with Gasteiger partial charge in [0.05, 0.1) is 19.1 Å². The summed E-state index contributed by atoms with van der Waals surface area (Å²) in [6, 6.07) is 4.39. The van der Waals surface area contributed by atoms with Crippen LogP contribution in [0.1, 0.15) is 12.0 Å². The highest BCUT2D eigenvalue weighted by Gasteiger charge is 2.18. The van der Waals surface area contributed by atoms with Gasteiger partial charge in [-0.2, -0.15) is 0 Å². The molecule has 1 aliphatic rings. The van der Waals surface area contributed by atoms with Crippen LogP contribution >= 0.6 is 11.6 Å². The average molecular weight is 231 g/mol. The van der Waals surface area contributed by atoms with Crippen LogP contribution in [0.3, 0.4) is 0 Å². The quantitative estimate of drug-likeness (QED) is 0.744. The van der Waals surface area contributed by atoms with E-state index in [1.165, 1.54) is 12.1 Å². The van der Waals surface area contributed by atoms with Gasteiger partial charge in [-0.15, -0.1) is 11.6 Å². The minimum Gasteiger partial charge on any atom is -0.488 e. The molecule has 1 aromatic carbocycles. The number of benzene rings is 1. The van der Waals surface area contributed by atoms with Crippen molar-refractivity contribution in [3.8, 4) is 5.75 Å². The molecule has 1 saturated heterocycles. The Bertz CT molecular complexity index is 337. The van der Waals surface area contributed by atoms with Crippen molar-refractivity contribution in [1.29, 1.82) is 0 Å². The predicted octanol–water partition coefficient (Wildman–Crippen LogP) is 2.73. The van der Waals surface area contributed by atoms with Gasteiger partial charge >= 0.3 is 0 Å². The van der Waals surface area contributed by atoms with E-state index in [0.717, 1.165) is 13.0 Å². The lowest BCUT2D eigenvalue weighted by atomic mass is 10.2. The first-order valence-corrected chi connectivity index (χ1v) is 5.42. The molecule has 4 heteroatoms. The maximum absolute atomic E-state index is 12.9. The molecular weight excluding hydrogens is 219 g/mol. The molecule has 1 fully saturated rings. The highest BCUT2D eigenvalue weighted by molar-refractivity contribution is 6.17. The van der Waals surface area contributed by atoms with Crippen LogP contribution in [0.25, 0.3) is 0 Å². The minimum atomic E-state index is -0.291. The van der Waals surface area contributed by atoms with E-state index in [4.69, 9.17) is 21.1 Å². The molecule has 1 heterocycles. The normalized spacial score (nSPS) is 20.5. The summed E-state index contributed by atoms with van der Waals surface area (Å²) in [5, 5.41) is 0. The van der Waals surface area contributed by atoms with E-state index in [1.54, 1.807) is 6.07 Å². The molecule has 0 radical (unpaired) electrons. The van der Waals surface area contributed by atoms with Crippen molar-refractivity contribution < 1.29 is 13.9 Å². The van der Waals surface area contributed by atoms with Gasteiger partial charge in [-0.05, 0) is 18.2 Å². The van der Waals surface area contributed by atoms with Gasteiger partial charge in [0.15, 0.2) is 0 Å². The molecule has 0 saturated carbocycles. The number of alkyl halides is 1. The van der Waals surface area contributed by atoms with Crippen LogP contribution in [-0.2, 0) is 10.6 Å². The van der Waals surface area contributed by atoms with Crippen molar-refractivity contribution in [1.82, 2.24) is 0 Å². The standard InChI is InChI=1S/C11H12ClFO2/c12-6-8-5-9(13)1-2-11(8)15-10-3-4-14-7-10/h1-2,5,10H,3-4,6-7H2. The summed E-state index contributed by atoms with van der Waals surface area (Å²) in [6.07, 6.45) is 0.941. The zero-order chi connectivity index (χ0) is 10.7. The fourth-order valence-electron chi connectivity index (χ4n) is 1.55. The smallest absolute Gasteiger partial charge is 0.124 e. The molecule has 2 nitrogen and oxygen atoms in total. The van der Waals surface area contributed by atoms with E-state index in [2.05, 4.69) is 0 Å². The summed E-state index contributed by atoms with van der Waals surface area (Å²) < 4.78 is 23.8. The molecule has 1 aromatic rings. The minimum absolute atomic E-state index is 0.0671. The number of ether oxygens (including phenoxy) is 2. The van der Waals surface area contributed by atoms with Gasteiger partial charge < -0.3 is 9.47 Å². The van der Waals surface area contributed by atoms with Crippen molar-refractivity contribution in [3.63, 3.8) is 0 Å². The van der Waals surface area contributed by atoms with Gasteiger partial charge in [-0.25, -0.2) is 4.39 Å². The van der Waals surface area contributed by atoms with E-state index in [-0.39, 0.29) is 17.8 Å². The topological polar surface area (TPSA) is 18.5 Å². The van der Waals surface area contributed by atoms with Gasteiger partial charge in [-0.1, -0.05) is 0 Å². The number of rotatable bonds is 3. The third-order valence-corrected chi connectivity index (χ3v) is 2.64. The third-order valence-electron chi connectivity index (χ3n) is 2.35. The molecule has 0 N–H and O–H groups in total. The first kappa shape index (κ1) is 10.7. The fraction of sp³-hybridized carbons (Fsp3) is 0.455. The Labute approximate surface area is 92.9 Å². The number of hydrogen-bond donors (Lipinski definition) is 0. The maximum Gasteiger partial charge on any atom is 0.124 e. The zero-order valence-corrected chi connectivity index (χ0v) is 8.97. The number of halogens is 2. The van der Waals surface area contributed by atoms with Gasteiger partial charge in [0.2, 0.25) is 0 Å². The lowest BCUT2D eigenvalue weighted by Gasteiger charge is -2.14. The van der Waals surface area contributed by atoms with E-state index >= 15 is 0 Å². The molecule has 0 aromatic heterocycles. The summed E-state index contributed by atoms with van der Waals surface area (Å²) in [5.41, 5.74) is 0.684. The van der Waals surface area contributed by atoms with Crippen LogP contribution in [0.4, 0.5) is 4.39 Å². The SMILES string of the molecule is Fc1ccc(OC2CCOC2)c(CCl)c1. The van der Waals surface area contributed by atoms with Gasteiger partial charge in [0.25, 0.3) is 0 Å². The van der Waals surface area contributed by atoms with E-state index in [9.17, 15) is 4.39 Å². The molecule has 1 unspecified atom stereocenters. The Kier molecular flexibility index (Phi) is 3.44. The van der Waals surface area contributed by atoms with Crippen molar-refractivity contribution >= 4 is 11.6 Å². The predicted molar refractivity (Wildman–Crippen MR) is 55.8 cm³/mol. The maximum atomic E-state index is 12.9. The summed E-state index contributed by atoms with van der Waals surface area (Å²) >= 11 is 5.71. The molecule has 2 rings (SSSR count). The molecule has 0 bridgehead atoms. The molecular formula is C11H12ClFO2.